The summed E-state index contributed by atoms with van der Waals surface area (Å²) in [5, 5.41) is 11.7. The third kappa shape index (κ3) is 4.63. The Morgan fingerprint density at radius 3 is 1.11 bits per heavy atom. The van der Waals surface area contributed by atoms with Crippen LogP contribution in [0.3, 0.4) is 0 Å². The normalized spacial score (nSPS) is 11.1. The van der Waals surface area contributed by atoms with E-state index < -0.39 is 0 Å². The third-order valence-corrected chi connectivity index (χ3v) is 6.27. The average Bonchev–Trinajstić information content (AvgIpc) is 2.91. The lowest BCUT2D eigenvalue weighted by atomic mass is 10.1. The first-order valence-corrected chi connectivity index (χ1v) is 12.0. The van der Waals surface area contributed by atoms with Crippen LogP contribution in [0, 0.1) is 0 Å². The molecule has 6 heteroatoms. The van der Waals surface area contributed by atoms with Crippen molar-refractivity contribution in [3.05, 3.63) is 97.1 Å². The Kier molecular flexibility index (Phi) is 7.12. The summed E-state index contributed by atoms with van der Waals surface area (Å²) in [4.78, 5) is 9.59. The summed E-state index contributed by atoms with van der Waals surface area (Å²) in [6.07, 6.45) is 0. The van der Waals surface area contributed by atoms with Crippen LogP contribution < -0.4 is 10.6 Å². The molecule has 0 saturated heterocycles. The quantitative estimate of drug-likeness (QED) is 0.175. The minimum Gasteiger partial charge on any atom is -0.382 e. The van der Waals surface area contributed by atoms with Crippen LogP contribution in [0.2, 0.25) is 0 Å². The number of rotatable bonds is 8. The van der Waals surface area contributed by atoms with Crippen molar-refractivity contribution in [3.8, 4) is 0 Å². The molecule has 0 bridgehead atoms. The topological polar surface area (TPSA) is 59.1 Å². The highest BCUT2D eigenvalue weighted by atomic mass is 35.5. The molecule has 2 aromatic heterocycles. The van der Waals surface area contributed by atoms with E-state index in [1.807, 2.05) is 24.3 Å². The summed E-state index contributed by atoms with van der Waals surface area (Å²) in [6.45, 7) is 2.67. The summed E-state index contributed by atoms with van der Waals surface area (Å²) < 4.78 is 5.97. The van der Waals surface area contributed by atoms with Gasteiger partial charge in [-0.3, -0.25) is 0 Å². The fraction of sp³-hybridized carbons (Fsp3) is 0.133. The third-order valence-electron chi connectivity index (χ3n) is 6.27. The standard InChI is InChI=1S/C30H26N4O.ClH/c1-5-13-25-21(9-1)29(22-10-2-6-14-26(22)33-25)31-17-19-35-20-18-32-30-23-11-3-7-15-27(23)34-28-16-8-4-12-24(28)30;/h1-16H,17-20H2,(H,31,33)(H,32,34);1H. The Bertz CT molecular complexity index is 1420. The van der Waals surface area contributed by atoms with E-state index in [0.717, 1.165) is 68.1 Å². The highest BCUT2D eigenvalue weighted by Gasteiger charge is 2.09. The smallest absolute Gasteiger partial charge is 0.0730 e. The molecule has 0 fully saturated rings. The van der Waals surface area contributed by atoms with Crippen molar-refractivity contribution < 1.29 is 4.74 Å². The van der Waals surface area contributed by atoms with Crippen molar-refractivity contribution in [3.63, 3.8) is 0 Å². The molecule has 0 aliphatic heterocycles. The van der Waals surface area contributed by atoms with Gasteiger partial charge in [0.2, 0.25) is 0 Å². The Morgan fingerprint density at radius 1 is 0.472 bits per heavy atom. The summed E-state index contributed by atoms with van der Waals surface area (Å²) in [5.74, 6) is 0. The molecule has 4 aromatic carbocycles. The zero-order valence-electron chi connectivity index (χ0n) is 19.8. The van der Waals surface area contributed by atoms with E-state index in [1.165, 1.54) is 0 Å². The van der Waals surface area contributed by atoms with Crippen molar-refractivity contribution in [1.29, 1.82) is 0 Å². The van der Waals surface area contributed by atoms with E-state index in [2.05, 4.69) is 83.4 Å². The molecule has 0 radical (unpaired) electrons. The van der Waals surface area contributed by atoms with Gasteiger partial charge in [0, 0.05) is 34.6 Å². The highest BCUT2D eigenvalue weighted by molar-refractivity contribution is 6.08. The summed E-state index contributed by atoms with van der Waals surface area (Å²) >= 11 is 0. The molecule has 0 spiro atoms. The van der Waals surface area contributed by atoms with Crippen molar-refractivity contribution in [2.45, 2.75) is 0 Å². The lowest BCUT2D eigenvalue weighted by molar-refractivity contribution is 0.154. The van der Waals surface area contributed by atoms with E-state index in [9.17, 15) is 0 Å². The molecular formula is C30H27ClN4O. The maximum atomic E-state index is 5.97. The molecule has 0 unspecified atom stereocenters. The second-order valence-corrected chi connectivity index (χ2v) is 8.51. The highest BCUT2D eigenvalue weighted by Crippen LogP contribution is 2.31. The van der Waals surface area contributed by atoms with Crippen LogP contribution in [-0.2, 0) is 4.74 Å². The van der Waals surface area contributed by atoms with Gasteiger partial charge in [0.15, 0.2) is 0 Å². The minimum absolute atomic E-state index is 0. The van der Waals surface area contributed by atoms with Crippen molar-refractivity contribution in [2.75, 3.05) is 36.9 Å². The first-order valence-electron chi connectivity index (χ1n) is 12.0. The van der Waals surface area contributed by atoms with E-state index in [0.29, 0.717) is 13.2 Å². The van der Waals surface area contributed by atoms with Crippen LogP contribution >= 0.6 is 12.4 Å². The molecule has 0 aliphatic carbocycles. The number of pyridine rings is 2. The van der Waals surface area contributed by atoms with E-state index in [1.54, 1.807) is 0 Å². The van der Waals surface area contributed by atoms with Crippen LogP contribution in [0.5, 0.6) is 0 Å². The van der Waals surface area contributed by atoms with Crippen LogP contribution in [0.15, 0.2) is 97.1 Å². The van der Waals surface area contributed by atoms with Gasteiger partial charge in [-0.05, 0) is 24.3 Å². The number of hydrogen-bond donors (Lipinski definition) is 2. The van der Waals surface area contributed by atoms with Gasteiger partial charge in [0.05, 0.1) is 46.7 Å². The molecule has 6 rings (SSSR count). The molecule has 2 N–H and O–H groups in total. The second-order valence-electron chi connectivity index (χ2n) is 8.51. The number of para-hydroxylation sites is 4. The monoisotopic (exact) mass is 494 g/mol. The Morgan fingerprint density at radius 2 is 0.778 bits per heavy atom. The summed E-state index contributed by atoms with van der Waals surface area (Å²) in [5.41, 5.74) is 6.21. The first-order chi connectivity index (χ1) is 17.4. The number of nitrogens with one attached hydrogen (secondary N) is 2. The van der Waals surface area contributed by atoms with Gasteiger partial charge in [-0.15, -0.1) is 12.4 Å². The molecule has 0 aliphatic rings. The summed E-state index contributed by atoms with van der Waals surface area (Å²) in [7, 11) is 0. The predicted octanol–water partition coefficient (Wildman–Crippen LogP) is 7.05. The van der Waals surface area contributed by atoms with E-state index >= 15 is 0 Å². The number of hydrogen-bond acceptors (Lipinski definition) is 5. The maximum Gasteiger partial charge on any atom is 0.0730 e. The lowest BCUT2D eigenvalue weighted by Crippen LogP contribution is -2.15. The van der Waals surface area contributed by atoms with Crippen LogP contribution in [-0.4, -0.2) is 36.3 Å². The number of aromatic nitrogens is 2. The van der Waals surface area contributed by atoms with Gasteiger partial charge in [0.25, 0.3) is 0 Å². The molecule has 0 amide bonds. The number of ether oxygens (including phenoxy) is 1. The van der Waals surface area contributed by atoms with Gasteiger partial charge >= 0.3 is 0 Å². The molecular weight excluding hydrogens is 468 g/mol. The Balaban J connectivity index is 0.00000267. The van der Waals surface area contributed by atoms with Crippen molar-refractivity contribution in [2.24, 2.45) is 0 Å². The Hall–Kier alpha value is -3.93. The average molecular weight is 495 g/mol. The molecule has 36 heavy (non-hydrogen) atoms. The van der Waals surface area contributed by atoms with Crippen LogP contribution in [0.1, 0.15) is 0 Å². The van der Waals surface area contributed by atoms with Crippen LogP contribution in [0.25, 0.3) is 43.6 Å². The minimum atomic E-state index is 0. The SMILES string of the molecule is Cl.c1ccc2c(NCCOCCNc3c4ccccc4nc4ccccc34)c3ccccc3nc2c1. The van der Waals surface area contributed by atoms with Gasteiger partial charge in [0.1, 0.15) is 0 Å². The molecule has 0 saturated carbocycles. The zero-order chi connectivity index (χ0) is 23.5. The van der Waals surface area contributed by atoms with Crippen LogP contribution in [0.4, 0.5) is 11.4 Å². The first kappa shape index (κ1) is 23.8. The maximum absolute atomic E-state index is 5.97. The van der Waals surface area contributed by atoms with Gasteiger partial charge in [-0.1, -0.05) is 72.8 Å². The van der Waals surface area contributed by atoms with Crippen molar-refractivity contribution in [1.82, 2.24) is 9.97 Å². The van der Waals surface area contributed by atoms with E-state index in [-0.39, 0.29) is 12.4 Å². The molecule has 2 heterocycles. The molecule has 6 aromatic rings. The fourth-order valence-electron chi connectivity index (χ4n) is 4.66. The fourth-order valence-corrected chi connectivity index (χ4v) is 4.66. The largest absolute Gasteiger partial charge is 0.382 e. The second kappa shape index (κ2) is 10.8. The lowest BCUT2D eigenvalue weighted by Gasteiger charge is -2.15. The molecule has 0 atom stereocenters. The number of benzene rings is 4. The number of halogens is 1. The zero-order valence-corrected chi connectivity index (χ0v) is 20.6. The predicted molar refractivity (Wildman–Crippen MR) is 154 cm³/mol. The van der Waals surface area contributed by atoms with Crippen molar-refractivity contribution >= 4 is 67.4 Å². The summed E-state index contributed by atoms with van der Waals surface area (Å²) in [6, 6.07) is 33.0. The number of anilines is 2. The van der Waals surface area contributed by atoms with Gasteiger partial charge in [-0.25, -0.2) is 9.97 Å². The Labute approximate surface area is 215 Å². The van der Waals surface area contributed by atoms with Gasteiger partial charge in [-0.2, -0.15) is 0 Å². The molecule has 180 valence electrons. The number of fused-ring (bicyclic) bond motifs is 4. The van der Waals surface area contributed by atoms with E-state index in [4.69, 9.17) is 14.7 Å². The van der Waals surface area contributed by atoms with Gasteiger partial charge < -0.3 is 15.4 Å². The molecule has 5 nitrogen and oxygen atoms in total. The number of nitrogens with zero attached hydrogens (tertiary/aromatic N) is 2.